The fourth-order valence-electron chi connectivity index (χ4n) is 9.74. The van der Waals surface area contributed by atoms with E-state index in [0.717, 1.165) is 0 Å². The first-order chi connectivity index (χ1) is 27.1. The molecule has 0 radical (unpaired) electrons. The molecule has 0 amide bonds. The lowest BCUT2D eigenvalue weighted by molar-refractivity contribution is 0.660. The van der Waals surface area contributed by atoms with Gasteiger partial charge < -0.3 is 0 Å². The van der Waals surface area contributed by atoms with E-state index in [2.05, 4.69) is 208 Å². The SMILES string of the molecule is CC1(C)c2ccccc2-c2c(-c3c4ccccc4c(-c4c(-c5ccccc5)ccc5ccccc45)c4ccc(-c5cccc6ccccc56)cc34)cccc21. The van der Waals surface area contributed by atoms with Crippen LogP contribution in [0.2, 0.25) is 0 Å². The van der Waals surface area contributed by atoms with Crippen molar-refractivity contribution in [3.8, 4) is 55.6 Å². The van der Waals surface area contributed by atoms with Crippen molar-refractivity contribution in [2.75, 3.05) is 0 Å². The Hall–Kier alpha value is -6.76. The first-order valence-corrected chi connectivity index (χ1v) is 19.4. The standard InChI is InChI=1S/C55H38/c1-55(2)49-28-13-12-25-46(49)52-47(27-15-29-50(52)55)51-43-23-10-11-24-44(43)54(53-41-22-9-7-19-37(41)30-32-42(53)36-16-4-3-5-17-36)45-33-31-38(34-48(45)51)40-26-14-20-35-18-6-8-21-39(35)40/h3-34H,1-2H3. The van der Waals surface area contributed by atoms with E-state index in [1.807, 2.05) is 0 Å². The highest BCUT2D eigenvalue weighted by Gasteiger charge is 2.37. The van der Waals surface area contributed by atoms with Gasteiger partial charge in [-0.05, 0) is 116 Å². The topological polar surface area (TPSA) is 0 Å². The molecule has 0 heterocycles. The average Bonchev–Trinajstić information content (AvgIpc) is 3.48. The Morgan fingerprint density at radius 1 is 0.273 bits per heavy atom. The van der Waals surface area contributed by atoms with Gasteiger partial charge in [0.2, 0.25) is 0 Å². The van der Waals surface area contributed by atoms with Gasteiger partial charge >= 0.3 is 0 Å². The summed E-state index contributed by atoms with van der Waals surface area (Å²) in [6.45, 7) is 4.76. The van der Waals surface area contributed by atoms with Crippen LogP contribution in [0.3, 0.4) is 0 Å². The van der Waals surface area contributed by atoms with Crippen molar-refractivity contribution in [1.29, 1.82) is 0 Å². The monoisotopic (exact) mass is 698 g/mol. The summed E-state index contributed by atoms with van der Waals surface area (Å²) in [5.74, 6) is 0. The zero-order valence-electron chi connectivity index (χ0n) is 31.0. The van der Waals surface area contributed by atoms with Crippen molar-refractivity contribution >= 4 is 43.1 Å². The van der Waals surface area contributed by atoms with Crippen molar-refractivity contribution in [3.63, 3.8) is 0 Å². The van der Waals surface area contributed by atoms with Gasteiger partial charge in [0.05, 0.1) is 0 Å². The molecule has 0 bridgehead atoms. The Bertz CT molecular complexity index is 3160. The van der Waals surface area contributed by atoms with Gasteiger partial charge in [0.25, 0.3) is 0 Å². The smallest absolute Gasteiger partial charge is 0.0159 e. The molecule has 0 heteroatoms. The van der Waals surface area contributed by atoms with Gasteiger partial charge in [-0.25, -0.2) is 0 Å². The Balaban J connectivity index is 1.34. The number of rotatable bonds is 4. The van der Waals surface area contributed by atoms with E-state index in [1.54, 1.807) is 0 Å². The summed E-state index contributed by atoms with van der Waals surface area (Å²) in [6, 6.07) is 72.3. The molecule has 0 fully saturated rings. The maximum absolute atomic E-state index is 2.49. The molecule has 0 aromatic heterocycles. The molecular weight excluding hydrogens is 661 g/mol. The van der Waals surface area contributed by atoms with Crippen molar-refractivity contribution in [3.05, 3.63) is 205 Å². The summed E-state index contributed by atoms with van der Waals surface area (Å²) in [6.07, 6.45) is 0. The maximum atomic E-state index is 2.49. The third-order valence-electron chi connectivity index (χ3n) is 12.3. The molecule has 55 heavy (non-hydrogen) atoms. The van der Waals surface area contributed by atoms with Gasteiger partial charge in [0, 0.05) is 5.41 Å². The zero-order valence-corrected chi connectivity index (χ0v) is 31.0. The second kappa shape index (κ2) is 12.1. The average molecular weight is 699 g/mol. The van der Waals surface area contributed by atoms with Crippen molar-refractivity contribution in [1.82, 2.24) is 0 Å². The summed E-state index contributed by atoms with van der Waals surface area (Å²) < 4.78 is 0. The van der Waals surface area contributed by atoms with Crippen LogP contribution in [0.1, 0.15) is 25.0 Å². The van der Waals surface area contributed by atoms with Crippen LogP contribution in [0.15, 0.2) is 194 Å². The molecule has 0 unspecified atom stereocenters. The first-order valence-electron chi connectivity index (χ1n) is 19.4. The van der Waals surface area contributed by atoms with E-state index in [0.29, 0.717) is 0 Å². The van der Waals surface area contributed by atoms with Crippen LogP contribution in [-0.4, -0.2) is 0 Å². The fraction of sp³-hybridized carbons (Fsp3) is 0.0545. The lowest BCUT2D eigenvalue weighted by Gasteiger charge is -2.24. The van der Waals surface area contributed by atoms with Crippen LogP contribution in [0.4, 0.5) is 0 Å². The normalized spacial score (nSPS) is 13.1. The van der Waals surface area contributed by atoms with Gasteiger partial charge in [0.15, 0.2) is 0 Å². The summed E-state index contributed by atoms with van der Waals surface area (Å²) in [4.78, 5) is 0. The molecule has 258 valence electrons. The van der Waals surface area contributed by atoms with Gasteiger partial charge in [-0.2, -0.15) is 0 Å². The van der Waals surface area contributed by atoms with Crippen molar-refractivity contribution in [2.24, 2.45) is 0 Å². The molecule has 0 spiro atoms. The lowest BCUT2D eigenvalue weighted by Crippen LogP contribution is -2.14. The Morgan fingerprint density at radius 3 is 1.65 bits per heavy atom. The number of hydrogen-bond acceptors (Lipinski definition) is 0. The zero-order chi connectivity index (χ0) is 36.7. The summed E-state index contributed by atoms with van der Waals surface area (Å²) >= 11 is 0. The van der Waals surface area contributed by atoms with E-state index in [1.165, 1.54) is 110 Å². The second-order valence-electron chi connectivity index (χ2n) is 15.6. The Labute approximate surface area is 322 Å². The van der Waals surface area contributed by atoms with Crippen molar-refractivity contribution < 1.29 is 0 Å². The van der Waals surface area contributed by atoms with Crippen LogP contribution in [0.25, 0.3) is 98.7 Å². The highest BCUT2D eigenvalue weighted by molar-refractivity contribution is 6.26. The highest BCUT2D eigenvalue weighted by Crippen LogP contribution is 2.55. The molecular formula is C55H38. The Morgan fingerprint density at radius 2 is 0.836 bits per heavy atom. The third kappa shape index (κ3) is 4.71. The third-order valence-corrected chi connectivity index (χ3v) is 12.3. The molecule has 0 aliphatic heterocycles. The van der Waals surface area contributed by atoms with Crippen LogP contribution >= 0.6 is 0 Å². The molecule has 10 aromatic carbocycles. The van der Waals surface area contributed by atoms with Gasteiger partial charge in [0.1, 0.15) is 0 Å². The largest absolute Gasteiger partial charge is 0.0622 e. The van der Waals surface area contributed by atoms with Gasteiger partial charge in [-0.1, -0.05) is 202 Å². The quantitative estimate of drug-likeness (QED) is 0.161. The Kier molecular flexibility index (Phi) is 7.00. The molecule has 10 aromatic rings. The van der Waals surface area contributed by atoms with E-state index < -0.39 is 0 Å². The molecule has 0 N–H and O–H groups in total. The van der Waals surface area contributed by atoms with Crippen molar-refractivity contribution in [2.45, 2.75) is 19.3 Å². The minimum Gasteiger partial charge on any atom is -0.0622 e. The van der Waals surface area contributed by atoms with E-state index in [-0.39, 0.29) is 5.41 Å². The molecule has 0 atom stereocenters. The minimum atomic E-state index is -0.102. The molecule has 0 saturated heterocycles. The second-order valence-corrected chi connectivity index (χ2v) is 15.6. The highest BCUT2D eigenvalue weighted by atomic mass is 14.4. The van der Waals surface area contributed by atoms with Crippen LogP contribution in [0, 0.1) is 0 Å². The predicted molar refractivity (Wildman–Crippen MR) is 236 cm³/mol. The molecule has 0 nitrogen and oxygen atoms in total. The summed E-state index contributed by atoms with van der Waals surface area (Å²) in [5.41, 5.74) is 15.4. The molecule has 0 saturated carbocycles. The predicted octanol–water partition coefficient (Wildman–Crippen LogP) is 15.3. The van der Waals surface area contributed by atoms with Crippen LogP contribution in [-0.2, 0) is 5.41 Å². The number of hydrogen-bond donors (Lipinski definition) is 0. The maximum Gasteiger partial charge on any atom is 0.0159 e. The first kappa shape index (κ1) is 31.7. The van der Waals surface area contributed by atoms with E-state index in [4.69, 9.17) is 0 Å². The van der Waals surface area contributed by atoms with Gasteiger partial charge in [-0.3, -0.25) is 0 Å². The lowest BCUT2D eigenvalue weighted by atomic mass is 9.79. The summed E-state index contributed by atoms with van der Waals surface area (Å²) in [5, 5.41) is 10.1. The van der Waals surface area contributed by atoms with Crippen LogP contribution < -0.4 is 0 Å². The molecule has 1 aliphatic carbocycles. The van der Waals surface area contributed by atoms with Gasteiger partial charge in [-0.15, -0.1) is 0 Å². The molecule has 11 rings (SSSR count). The summed E-state index contributed by atoms with van der Waals surface area (Å²) in [7, 11) is 0. The minimum absolute atomic E-state index is 0.102. The van der Waals surface area contributed by atoms with E-state index >= 15 is 0 Å². The fourth-order valence-corrected chi connectivity index (χ4v) is 9.74. The number of fused-ring (bicyclic) bond motifs is 7. The molecule has 1 aliphatic rings. The van der Waals surface area contributed by atoms with E-state index in [9.17, 15) is 0 Å². The van der Waals surface area contributed by atoms with Crippen LogP contribution in [0.5, 0.6) is 0 Å². The number of benzene rings is 10.